The summed E-state index contributed by atoms with van der Waals surface area (Å²) in [5, 5.41) is 12.6. The van der Waals surface area contributed by atoms with Gasteiger partial charge in [-0.2, -0.15) is 0 Å². The number of rotatable bonds is 3. The van der Waals surface area contributed by atoms with Crippen molar-refractivity contribution in [2.45, 2.75) is 0 Å². The molecule has 4 heterocycles. The maximum absolute atomic E-state index is 6.36. The Balaban J connectivity index is 1.34. The third-order valence-corrected chi connectivity index (χ3v) is 12.4. The van der Waals surface area contributed by atoms with E-state index in [1.54, 1.807) is 6.26 Å². The molecular weight excluding hydrogens is 733 g/mol. The molecule has 5 heteroatoms. The van der Waals surface area contributed by atoms with E-state index in [-0.39, 0.29) is 0 Å². The van der Waals surface area contributed by atoms with Crippen molar-refractivity contribution < 1.29 is 4.42 Å². The first-order chi connectivity index (χ1) is 29.8. The van der Waals surface area contributed by atoms with E-state index in [4.69, 9.17) is 9.40 Å². The quantitative estimate of drug-likeness (QED) is 0.180. The van der Waals surface area contributed by atoms with Crippen LogP contribution in [-0.2, 0) is 0 Å². The van der Waals surface area contributed by atoms with Crippen LogP contribution in [0.3, 0.4) is 0 Å². The van der Waals surface area contributed by atoms with Gasteiger partial charge in [0.25, 0.3) is 0 Å². The van der Waals surface area contributed by atoms with Gasteiger partial charge in [-0.1, -0.05) is 121 Å². The lowest BCUT2D eigenvalue weighted by Crippen LogP contribution is -2.00. The summed E-state index contributed by atoms with van der Waals surface area (Å²) in [5.74, 6) is 0. The van der Waals surface area contributed by atoms with Gasteiger partial charge in [0.05, 0.1) is 44.5 Å². The Hall–Kier alpha value is -8.15. The van der Waals surface area contributed by atoms with Crippen LogP contribution >= 0.6 is 0 Å². The molecule has 0 radical (unpaired) electrons. The largest absolute Gasteiger partial charge is 0.461 e. The number of benzene rings is 8. The smallest absolute Gasteiger partial charge is 0.151 e. The number of hydrogen-bond donors (Lipinski definition) is 0. The topological polar surface area (TPSA) is 40.8 Å². The maximum atomic E-state index is 6.36. The summed E-state index contributed by atoms with van der Waals surface area (Å²) in [5.41, 5.74) is 10.6. The van der Waals surface area contributed by atoms with Crippen LogP contribution in [0, 0.1) is 0 Å². The van der Waals surface area contributed by atoms with Gasteiger partial charge in [0.1, 0.15) is 6.26 Å². The maximum Gasteiger partial charge on any atom is 0.151 e. The molecule has 0 amide bonds. The fourth-order valence-corrected chi connectivity index (χ4v) is 9.96. The number of nitrogens with zero attached hydrogens (tertiary/aromatic N) is 4. The monoisotopic (exact) mass is 766 g/mol. The van der Waals surface area contributed by atoms with Gasteiger partial charge in [-0.05, 0) is 82.9 Å². The van der Waals surface area contributed by atoms with Crippen molar-refractivity contribution in [1.29, 1.82) is 0 Å². The van der Waals surface area contributed by atoms with Crippen LogP contribution in [0.15, 0.2) is 211 Å². The molecule has 60 heavy (non-hydrogen) atoms. The number of aromatic nitrogens is 4. The molecule has 9 aromatic carbocycles. The third-order valence-electron chi connectivity index (χ3n) is 12.4. The van der Waals surface area contributed by atoms with Gasteiger partial charge in [-0.3, -0.25) is 4.98 Å². The van der Waals surface area contributed by atoms with E-state index in [0.29, 0.717) is 0 Å². The van der Waals surface area contributed by atoms with E-state index in [1.807, 2.05) is 12.4 Å². The molecule has 0 saturated heterocycles. The van der Waals surface area contributed by atoms with E-state index < -0.39 is 0 Å². The Kier molecular flexibility index (Phi) is 6.95. The van der Waals surface area contributed by atoms with E-state index in [2.05, 4.69) is 202 Å². The minimum Gasteiger partial charge on any atom is -0.461 e. The number of hydrogen-bond acceptors (Lipinski definition) is 2. The Morgan fingerprint density at radius 3 is 1.42 bits per heavy atom. The van der Waals surface area contributed by atoms with Crippen molar-refractivity contribution in [2.75, 3.05) is 0 Å². The van der Waals surface area contributed by atoms with Crippen molar-refractivity contribution in [3.63, 3.8) is 0 Å². The SMILES string of the molecule is c1ccc(-n2ccoc3cc4c(cc32)c2cccc(-n3c5ccccc5c5ccccc53)c2c2c(-n3c5ccccc5c5ccccc53)cccc2c2cccnc42)cc1. The molecule has 0 aliphatic rings. The van der Waals surface area contributed by atoms with Gasteiger partial charge in [0, 0.05) is 61.2 Å². The Labute approximate surface area is 343 Å². The normalized spacial score (nSPS) is 12.0. The van der Waals surface area contributed by atoms with Gasteiger partial charge < -0.3 is 18.1 Å². The molecule has 0 aliphatic heterocycles. The molecule has 13 rings (SSSR count). The average molecular weight is 767 g/mol. The molecule has 0 spiro atoms. The Morgan fingerprint density at radius 1 is 0.367 bits per heavy atom. The van der Waals surface area contributed by atoms with Gasteiger partial charge in [0.2, 0.25) is 0 Å². The minimum atomic E-state index is 0.775. The van der Waals surface area contributed by atoms with Crippen LogP contribution in [0.1, 0.15) is 0 Å². The van der Waals surface area contributed by atoms with Crippen molar-refractivity contribution in [3.05, 3.63) is 207 Å². The molecule has 0 fully saturated rings. The highest BCUT2D eigenvalue weighted by Gasteiger charge is 2.22. The summed E-state index contributed by atoms with van der Waals surface area (Å²) < 4.78 is 13.5. The molecule has 0 bridgehead atoms. The Morgan fingerprint density at radius 2 is 0.850 bits per heavy atom. The molecule has 280 valence electrons. The van der Waals surface area contributed by atoms with Crippen LogP contribution in [0.5, 0.6) is 0 Å². The highest BCUT2D eigenvalue weighted by atomic mass is 16.3. The highest BCUT2D eigenvalue weighted by molar-refractivity contribution is 6.30. The van der Waals surface area contributed by atoms with Gasteiger partial charge in [0.15, 0.2) is 5.58 Å². The summed E-state index contributed by atoms with van der Waals surface area (Å²) in [6, 6.07) is 68.0. The van der Waals surface area contributed by atoms with Crippen molar-refractivity contribution >= 4 is 97.9 Å². The van der Waals surface area contributed by atoms with Crippen LogP contribution in [0.4, 0.5) is 0 Å². The molecular formula is C55H34N4O. The van der Waals surface area contributed by atoms with Crippen molar-refractivity contribution in [2.24, 2.45) is 0 Å². The number of para-hydroxylation sites is 5. The molecule has 4 aromatic heterocycles. The molecule has 0 saturated carbocycles. The minimum absolute atomic E-state index is 0.775. The van der Waals surface area contributed by atoms with Gasteiger partial charge in [-0.25, -0.2) is 0 Å². The summed E-state index contributed by atoms with van der Waals surface area (Å²) in [7, 11) is 0. The van der Waals surface area contributed by atoms with Crippen molar-refractivity contribution in [3.8, 4) is 17.1 Å². The second-order valence-electron chi connectivity index (χ2n) is 15.5. The van der Waals surface area contributed by atoms with E-state index in [0.717, 1.165) is 93.4 Å². The predicted molar refractivity (Wildman–Crippen MR) is 250 cm³/mol. The molecule has 13 aromatic rings. The van der Waals surface area contributed by atoms with Gasteiger partial charge in [-0.15, -0.1) is 0 Å². The second-order valence-corrected chi connectivity index (χ2v) is 15.5. The molecule has 0 N–H and O–H groups in total. The van der Waals surface area contributed by atoms with Crippen LogP contribution in [0.2, 0.25) is 0 Å². The first kappa shape index (κ1) is 32.9. The van der Waals surface area contributed by atoms with Gasteiger partial charge >= 0.3 is 0 Å². The van der Waals surface area contributed by atoms with E-state index >= 15 is 0 Å². The molecule has 0 aliphatic carbocycles. The molecule has 5 nitrogen and oxygen atoms in total. The Bertz CT molecular complexity index is 3850. The molecule has 0 atom stereocenters. The standard InChI is InChI=1S/C55H34N4O/c1-2-15-35(16-3-1)57-31-32-60-52-34-44-43(33-51(52)57)41-22-13-29-50(59-47-26-10-6-19-38(47)39-20-7-11-27-48(39)59)54(41)53-40(42-23-14-30-56-55(42)44)21-12-28-49(53)58-45-24-8-4-17-36(45)37-18-5-9-25-46(37)58/h1-34H. The van der Waals surface area contributed by atoms with E-state index in [9.17, 15) is 0 Å². The summed E-state index contributed by atoms with van der Waals surface area (Å²) in [4.78, 5) is 5.21. The third kappa shape index (κ3) is 4.60. The fraction of sp³-hybridized carbons (Fsp3) is 0. The van der Waals surface area contributed by atoms with Crippen LogP contribution < -0.4 is 0 Å². The van der Waals surface area contributed by atoms with Crippen molar-refractivity contribution in [1.82, 2.24) is 18.7 Å². The predicted octanol–water partition coefficient (Wildman–Crippen LogP) is 14.5. The average Bonchev–Trinajstić information content (AvgIpc) is 3.83. The lowest BCUT2D eigenvalue weighted by atomic mass is 9.94. The molecule has 0 unspecified atom stereocenters. The number of pyridine rings is 1. The second kappa shape index (κ2) is 12.7. The van der Waals surface area contributed by atoms with Crippen LogP contribution in [-0.4, -0.2) is 18.7 Å². The lowest BCUT2D eigenvalue weighted by Gasteiger charge is -2.19. The zero-order valence-corrected chi connectivity index (χ0v) is 32.3. The first-order valence-corrected chi connectivity index (χ1v) is 20.4. The zero-order valence-electron chi connectivity index (χ0n) is 32.3. The zero-order chi connectivity index (χ0) is 39.3. The number of fused-ring (bicyclic) bond motifs is 15. The summed E-state index contributed by atoms with van der Waals surface area (Å²) in [6.45, 7) is 0. The lowest BCUT2D eigenvalue weighted by molar-refractivity contribution is 0.593. The first-order valence-electron chi connectivity index (χ1n) is 20.4. The fourth-order valence-electron chi connectivity index (χ4n) is 9.96. The highest BCUT2D eigenvalue weighted by Crippen LogP contribution is 2.44. The summed E-state index contributed by atoms with van der Waals surface area (Å²) >= 11 is 0. The van der Waals surface area contributed by atoms with Crippen LogP contribution in [0.25, 0.3) is 115 Å². The van der Waals surface area contributed by atoms with E-state index in [1.165, 1.54) is 21.5 Å². The summed E-state index contributed by atoms with van der Waals surface area (Å²) in [6.07, 6.45) is 5.68.